The highest BCUT2D eigenvalue weighted by atomic mass is 16.2. The van der Waals surface area contributed by atoms with E-state index < -0.39 is 0 Å². The van der Waals surface area contributed by atoms with Gasteiger partial charge in [-0.05, 0) is 62.5 Å². The number of rotatable bonds is 5. The minimum absolute atomic E-state index is 0.0268. The first-order valence-electron chi connectivity index (χ1n) is 11.3. The van der Waals surface area contributed by atoms with E-state index in [9.17, 15) is 14.4 Å². The van der Waals surface area contributed by atoms with Crippen LogP contribution in [0.5, 0.6) is 0 Å². The predicted octanol–water partition coefficient (Wildman–Crippen LogP) is 3.41. The molecule has 2 unspecified atom stereocenters. The van der Waals surface area contributed by atoms with Gasteiger partial charge in [0.25, 0.3) is 0 Å². The second-order valence-electron chi connectivity index (χ2n) is 9.47. The molecule has 0 radical (unpaired) electrons. The Hall–Kier alpha value is -2.17. The van der Waals surface area contributed by atoms with Crippen LogP contribution in [0.25, 0.3) is 0 Å². The molecule has 0 N–H and O–H groups in total. The molecule has 0 bridgehead atoms. The Morgan fingerprint density at radius 2 is 1.59 bits per heavy atom. The number of carbonyl (C=O) groups is 3. The SMILES string of the molecule is Cc1ccccc1C1CC(N(C(=O)CN2C(=O)C3CCCCC3C2=O)C2CC2)C1. The Morgan fingerprint density at radius 3 is 2.17 bits per heavy atom. The van der Waals surface area contributed by atoms with E-state index in [1.54, 1.807) is 0 Å². The van der Waals surface area contributed by atoms with Crippen LogP contribution in [0, 0.1) is 18.8 Å². The van der Waals surface area contributed by atoms with Crippen LogP contribution >= 0.6 is 0 Å². The normalized spacial score (nSPS) is 31.4. The first-order chi connectivity index (χ1) is 14.0. The van der Waals surface area contributed by atoms with Gasteiger partial charge in [-0.1, -0.05) is 37.1 Å². The van der Waals surface area contributed by atoms with E-state index in [-0.39, 0.29) is 42.1 Å². The molecule has 5 nitrogen and oxygen atoms in total. The van der Waals surface area contributed by atoms with Gasteiger partial charge >= 0.3 is 0 Å². The quantitative estimate of drug-likeness (QED) is 0.719. The molecule has 1 aromatic rings. The summed E-state index contributed by atoms with van der Waals surface area (Å²) in [4.78, 5) is 42.0. The van der Waals surface area contributed by atoms with E-state index in [4.69, 9.17) is 0 Å². The van der Waals surface area contributed by atoms with Crippen LogP contribution in [0.1, 0.15) is 68.4 Å². The minimum Gasteiger partial charge on any atom is -0.335 e. The fourth-order valence-corrected chi connectivity index (χ4v) is 5.78. The Kier molecular flexibility index (Phi) is 4.72. The smallest absolute Gasteiger partial charge is 0.243 e. The van der Waals surface area contributed by atoms with Gasteiger partial charge in [0.15, 0.2) is 0 Å². The number of imide groups is 1. The number of hydrogen-bond acceptors (Lipinski definition) is 3. The van der Waals surface area contributed by atoms with E-state index in [2.05, 4.69) is 31.2 Å². The van der Waals surface area contributed by atoms with Crippen LogP contribution < -0.4 is 0 Å². The molecule has 1 aromatic carbocycles. The topological polar surface area (TPSA) is 57.7 Å². The summed E-state index contributed by atoms with van der Waals surface area (Å²) in [7, 11) is 0. The van der Waals surface area contributed by atoms with Gasteiger partial charge < -0.3 is 4.90 Å². The van der Waals surface area contributed by atoms with Gasteiger partial charge in [-0.15, -0.1) is 0 Å². The number of hydrogen-bond donors (Lipinski definition) is 0. The molecule has 4 aliphatic rings. The summed E-state index contributed by atoms with van der Waals surface area (Å²) in [5.74, 6) is -0.0697. The molecule has 4 fully saturated rings. The van der Waals surface area contributed by atoms with Gasteiger partial charge in [0.05, 0.1) is 11.8 Å². The highest BCUT2D eigenvalue weighted by Gasteiger charge is 2.50. The van der Waals surface area contributed by atoms with Crippen molar-refractivity contribution in [3.63, 3.8) is 0 Å². The van der Waals surface area contributed by atoms with Crippen LogP contribution in [0.3, 0.4) is 0 Å². The van der Waals surface area contributed by atoms with E-state index in [1.807, 2.05) is 4.90 Å². The van der Waals surface area contributed by atoms with Crippen molar-refractivity contribution < 1.29 is 14.4 Å². The van der Waals surface area contributed by atoms with Crippen LogP contribution in [0.15, 0.2) is 24.3 Å². The average Bonchev–Trinajstić information content (AvgIpc) is 3.49. The molecule has 1 heterocycles. The first kappa shape index (κ1) is 18.8. The average molecular weight is 395 g/mol. The second kappa shape index (κ2) is 7.26. The number of fused-ring (bicyclic) bond motifs is 1. The lowest BCUT2D eigenvalue weighted by Crippen LogP contribution is -2.52. The van der Waals surface area contributed by atoms with Crippen LogP contribution in [0.2, 0.25) is 0 Å². The molecular formula is C24H30N2O3. The van der Waals surface area contributed by atoms with Gasteiger partial charge in [0.2, 0.25) is 17.7 Å². The number of aryl methyl sites for hydroxylation is 1. The van der Waals surface area contributed by atoms with Crippen molar-refractivity contribution in [2.45, 2.75) is 76.3 Å². The van der Waals surface area contributed by atoms with Crippen molar-refractivity contribution in [1.82, 2.24) is 9.80 Å². The zero-order valence-electron chi connectivity index (χ0n) is 17.2. The molecule has 5 rings (SSSR count). The van der Waals surface area contributed by atoms with E-state index in [1.165, 1.54) is 16.0 Å². The number of carbonyl (C=O) groups excluding carboxylic acids is 3. The molecule has 29 heavy (non-hydrogen) atoms. The molecule has 5 heteroatoms. The molecule has 2 atom stereocenters. The Balaban J connectivity index is 1.25. The summed E-state index contributed by atoms with van der Waals surface area (Å²) in [6.07, 6.45) is 7.69. The lowest BCUT2D eigenvalue weighted by atomic mass is 9.73. The highest BCUT2D eigenvalue weighted by molar-refractivity contribution is 6.07. The third-order valence-corrected chi connectivity index (χ3v) is 7.59. The summed E-state index contributed by atoms with van der Waals surface area (Å²) in [5, 5.41) is 0. The molecule has 1 aliphatic heterocycles. The van der Waals surface area contributed by atoms with Crippen LogP contribution in [-0.4, -0.2) is 46.1 Å². The van der Waals surface area contributed by atoms with E-state index in [0.29, 0.717) is 12.0 Å². The minimum atomic E-state index is -0.174. The zero-order valence-corrected chi connectivity index (χ0v) is 17.2. The highest BCUT2D eigenvalue weighted by Crippen LogP contribution is 2.45. The van der Waals surface area contributed by atoms with Crippen molar-refractivity contribution in [3.05, 3.63) is 35.4 Å². The molecule has 0 spiro atoms. The predicted molar refractivity (Wildman–Crippen MR) is 109 cm³/mol. The monoisotopic (exact) mass is 394 g/mol. The summed E-state index contributed by atoms with van der Waals surface area (Å²) < 4.78 is 0. The number of benzene rings is 1. The molecule has 3 amide bonds. The van der Waals surface area contributed by atoms with Crippen molar-refractivity contribution in [2.75, 3.05) is 6.54 Å². The van der Waals surface area contributed by atoms with Crippen LogP contribution in [-0.2, 0) is 14.4 Å². The van der Waals surface area contributed by atoms with Gasteiger partial charge in [0.1, 0.15) is 6.54 Å². The first-order valence-corrected chi connectivity index (χ1v) is 11.3. The van der Waals surface area contributed by atoms with Crippen molar-refractivity contribution in [1.29, 1.82) is 0 Å². The summed E-state index contributed by atoms with van der Waals surface area (Å²) >= 11 is 0. The molecule has 3 aliphatic carbocycles. The number of amides is 3. The maximum absolute atomic E-state index is 13.2. The Bertz CT molecular complexity index is 816. The summed E-state index contributed by atoms with van der Waals surface area (Å²) in [6, 6.07) is 9.05. The fourth-order valence-electron chi connectivity index (χ4n) is 5.78. The van der Waals surface area contributed by atoms with E-state index in [0.717, 1.165) is 51.4 Å². The second-order valence-corrected chi connectivity index (χ2v) is 9.47. The Morgan fingerprint density at radius 1 is 0.966 bits per heavy atom. The standard InChI is InChI=1S/C24H30N2O3/c1-15-6-2-3-7-19(15)16-12-18(13-16)26(17-10-11-17)22(27)14-25-23(28)20-8-4-5-9-21(20)24(25)29/h2-3,6-7,16-18,20-21H,4-5,8-14H2,1H3. The molecule has 154 valence electrons. The molecule has 3 saturated carbocycles. The van der Waals surface area contributed by atoms with Gasteiger partial charge in [-0.2, -0.15) is 0 Å². The summed E-state index contributed by atoms with van der Waals surface area (Å²) in [5.41, 5.74) is 2.71. The van der Waals surface area contributed by atoms with Gasteiger partial charge in [-0.3, -0.25) is 19.3 Å². The fraction of sp³-hybridized carbons (Fsp3) is 0.625. The lowest BCUT2D eigenvalue weighted by molar-refractivity contribution is -0.148. The number of nitrogens with zero attached hydrogens (tertiary/aromatic N) is 2. The molecular weight excluding hydrogens is 364 g/mol. The van der Waals surface area contributed by atoms with Crippen molar-refractivity contribution in [3.8, 4) is 0 Å². The summed E-state index contributed by atoms with van der Waals surface area (Å²) in [6.45, 7) is 2.10. The lowest BCUT2D eigenvalue weighted by Gasteiger charge is -2.44. The van der Waals surface area contributed by atoms with Gasteiger partial charge in [-0.25, -0.2) is 0 Å². The largest absolute Gasteiger partial charge is 0.335 e. The van der Waals surface area contributed by atoms with E-state index >= 15 is 0 Å². The van der Waals surface area contributed by atoms with Crippen molar-refractivity contribution in [2.24, 2.45) is 11.8 Å². The molecule has 0 aromatic heterocycles. The van der Waals surface area contributed by atoms with Crippen molar-refractivity contribution >= 4 is 17.7 Å². The molecule has 1 saturated heterocycles. The van der Waals surface area contributed by atoms with Crippen LogP contribution in [0.4, 0.5) is 0 Å². The maximum Gasteiger partial charge on any atom is 0.243 e. The Labute approximate surface area is 172 Å². The van der Waals surface area contributed by atoms with Gasteiger partial charge in [0, 0.05) is 12.1 Å². The zero-order chi connectivity index (χ0) is 20.1. The third kappa shape index (κ3) is 3.28. The maximum atomic E-state index is 13.2. The third-order valence-electron chi connectivity index (χ3n) is 7.59. The number of likely N-dealkylation sites (tertiary alicyclic amines) is 1.